The topological polar surface area (TPSA) is 58.1 Å². The highest BCUT2D eigenvalue weighted by molar-refractivity contribution is 7.17. The number of amides is 1. The Kier molecular flexibility index (Phi) is 4.21. The van der Waals surface area contributed by atoms with Crippen LogP contribution < -0.4 is 5.32 Å². The molecule has 1 N–H and O–H groups in total. The van der Waals surface area contributed by atoms with E-state index in [1.54, 1.807) is 11.3 Å². The van der Waals surface area contributed by atoms with Crippen LogP contribution in [0.4, 0.5) is 5.13 Å². The summed E-state index contributed by atoms with van der Waals surface area (Å²) in [6, 6.07) is 2.24. The van der Waals surface area contributed by atoms with Crippen LogP contribution in [0.3, 0.4) is 0 Å². The second kappa shape index (κ2) is 6.11. The highest BCUT2D eigenvalue weighted by Gasteiger charge is 2.30. The maximum Gasteiger partial charge on any atom is 0.285 e. The average molecular weight is 322 g/mol. The lowest BCUT2D eigenvalue weighted by atomic mass is 10.0. The maximum atomic E-state index is 12.6. The molecule has 1 atom stereocenters. The van der Waals surface area contributed by atoms with Gasteiger partial charge >= 0.3 is 0 Å². The number of fused-ring (bicyclic) bond motifs is 1. The molecule has 2 aromatic heterocycles. The molecule has 1 aliphatic rings. The van der Waals surface area contributed by atoms with Gasteiger partial charge in [-0.2, -0.15) is 0 Å². The fraction of sp³-hybridized carbons (Fsp3) is 0.500. The number of hydrogen-bond donors (Lipinski definition) is 1. The van der Waals surface area contributed by atoms with Crippen molar-refractivity contribution in [3.63, 3.8) is 0 Å². The van der Waals surface area contributed by atoms with Gasteiger partial charge in [0.05, 0.1) is 6.04 Å². The summed E-state index contributed by atoms with van der Waals surface area (Å²) in [4.78, 5) is 15.9. The largest absolute Gasteiger partial charge is 0.360 e. The van der Waals surface area contributed by atoms with E-state index >= 15 is 0 Å². The van der Waals surface area contributed by atoms with Crippen LogP contribution in [0, 0.1) is 0 Å². The normalized spacial score (nSPS) is 17.6. The van der Waals surface area contributed by atoms with Gasteiger partial charge in [0, 0.05) is 18.0 Å². The first-order chi connectivity index (χ1) is 10.2. The summed E-state index contributed by atoms with van der Waals surface area (Å²) in [7, 11) is 0. The lowest BCUT2D eigenvalue weighted by Crippen LogP contribution is -2.38. The number of aromatic nitrogens is 2. The van der Waals surface area contributed by atoms with Crippen molar-refractivity contribution in [1.82, 2.24) is 15.1 Å². The van der Waals surface area contributed by atoms with Crippen molar-refractivity contribution in [2.75, 3.05) is 18.4 Å². The Labute approximate surface area is 132 Å². The van der Waals surface area contributed by atoms with Gasteiger partial charge in [0.2, 0.25) is 10.1 Å². The quantitative estimate of drug-likeness (QED) is 0.939. The van der Waals surface area contributed by atoms with E-state index in [0.29, 0.717) is 5.01 Å². The van der Waals surface area contributed by atoms with E-state index in [1.807, 2.05) is 4.90 Å². The van der Waals surface area contributed by atoms with Gasteiger partial charge in [0.15, 0.2) is 0 Å². The summed E-state index contributed by atoms with van der Waals surface area (Å²) < 4.78 is 0. The maximum absolute atomic E-state index is 12.6. The predicted octanol–water partition coefficient (Wildman–Crippen LogP) is 3.18. The smallest absolute Gasteiger partial charge is 0.285 e. The van der Waals surface area contributed by atoms with Crippen molar-refractivity contribution in [3.8, 4) is 0 Å². The fourth-order valence-corrected chi connectivity index (χ4v) is 4.21. The number of hydrogen-bond acceptors (Lipinski definition) is 6. The minimum atomic E-state index is -0.0126. The Hall–Kier alpha value is -1.47. The number of carbonyl (C=O) groups is 1. The minimum Gasteiger partial charge on any atom is -0.360 e. The second-order valence-corrected chi connectivity index (χ2v) is 7.04. The summed E-state index contributed by atoms with van der Waals surface area (Å²) >= 11 is 3.12. The number of carbonyl (C=O) groups excluding carboxylic acids is 1. The molecule has 1 amide bonds. The van der Waals surface area contributed by atoms with E-state index < -0.39 is 0 Å². The van der Waals surface area contributed by atoms with Gasteiger partial charge < -0.3 is 10.2 Å². The lowest BCUT2D eigenvalue weighted by Gasteiger charge is -2.32. The van der Waals surface area contributed by atoms with Crippen LogP contribution in [-0.4, -0.2) is 34.1 Å². The zero-order valence-corrected chi connectivity index (χ0v) is 13.8. The molecule has 3 rings (SSSR count). The average Bonchev–Trinajstić information content (AvgIpc) is 3.14. The highest BCUT2D eigenvalue weighted by Crippen LogP contribution is 2.34. The fourth-order valence-electron chi connectivity index (χ4n) is 2.52. The molecule has 7 heteroatoms. The van der Waals surface area contributed by atoms with E-state index in [-0.39, 0.29) is 11.9 Å². The molecule has 21 heavy (non-hydrogen) atoms. The molecule has 112 valence electrons. The van der Waals surface area contributed by atoms with Crippen LogP contribution in [0.5, 0.6) is 0 Å². The van der Waals surface area contributed by atoms with Crippen molar-refractivity contribution in [2.24, 2.45) is 0 Å². The third kappa shape index (κ3) is 2.80. The van der Waals surface area contributed by atoms with Crippen LogP contribution >= 0.6 is 22.7 Å². The molecule has 0 fully saturated rings. The Morgan fingerprint density at radius 3 is 3.19 bits per heavy atom. The van der Waals surface area contributed by atoms with Gasteiger partial charge in [-0.3, -0.25) is 4.79 Å². The van der Waals surface area contributed by atoms with Crippen molar-refractivity contribution in [1.29, 1.82) is 0 Å². The Bertz CT molecular complexity index is 636. The van der Waals surface area contributed by atoms with E-state index in [4.69, 9.17) is 0 Å². The van der Waals surface area contributed by atoms with E-state index in [2.05, 4.69) is 40.8 Å². The number of nitrogens with one attached hydrogen (secondary N) is 1. The number of rotatable bonds is 4. The summed E-state index contributed by atoms with van der Waals surface area (Å²) in [5, 5.41) is 14.6. The highest BCUT2D eigenvalue weighted by atomic mass is 32.1. The van der Waals surface area contributed by atoms with E-state index in [9.17, 15) is 4.79 Å². The molecule has 0 aromatic carbocycles. The molecule has 0 saturated heterocycles. The molecule has 2 aromatic rings. The molecule has 0 bridgehead atoms. The van der Waals surface area contributed by atoms with Crippen molar-refractivity contribution >= 4 is 33.7 Å². The molecule has 3 heterocycles. The molecule has 0 spiro atoms. The van der Waals surface area contributed by atoms with E-state index in [0.717, 1.165) is 31.1 Å². The van der Waals surface area contributed by atoms with Gasteiger partial charge in [0.1, 0.15) is 0 Å². The summed E-state index contributed by atoms with van der Waals surface area (Å²) in [6.07, 6.45) is 1.95. The molecular weight excluding hydrogens is 304 g/mol. The summed E-state index contributed by atoms with van der Waals surface area (Å²) in [6.45, 7) is 5.78. The first-order valence-electron chi connectivity index (χ1n) is 7.15. The van der Waals surface area contributed by atoms with Gasteiger partial charge in [-0.1, -0.05) is 18.3 Å². The van der Waals surface area contributed by atoms with Crippen LogP contribution in [0.25, 0.3) is 0 Å². The van der Waals surface area contributed by atoms with Crippen LogP contribution in [-0.2, 0) is 6.42 Å². The lowest BCUT2D eigenvalue weighted by molar-refractivity contribution is 0.0678. The van der Waals surface area contributed by atoms with Gasteiger partial charge in [-0.05, 0) is 36.8 Å². The van der Waals surface area contributed by atoms with Crippen molar-refractivity contribution in [3.05, 3.63) is 26.9 Å². The third-order valence-corrected chi connectivity index (χ3v) is 5.54. The van der Waals surface area contributed by atoms with Gasteiger partial charge in [-0.25, -0.2) is 0 Å². The molecule has 1 unspecified atom stereocenters. The summed E-state index contributed by atoms with van der Waals surface area (Å²) in [5.74, 6) is -0.0126. The van der Waals surface area contributed by atoms with Crippen LogP contribution in [0.1, 0.15) is 46.6 Å². The molecule has 1 aliphatic heterocycles. The third-order valence-electron chi connectivity index (χ3n) is 3.67. The van der Waals surface area contributed by atoms with Crippen LogP contribution in [0.2, 0.25) is 0 Å². The zero-order chi connectivity index (χ0) is 14.8. The van der Waals surface area contributed by atoms with Gasteiger partial charge in [0.25, 0.3) is 5.91 Å². The van der Waals surface area contributed by atoms with Gasteiger partial charge in [-0.15, -0.1) is 21.5 Å². The Balaban J connectivity index is 1.75. The monoisotopic (exact) mass is 322 g/mol. The first kappa shape index (κ1) is 14.5. The molecule has 5 nitrogen and oxygen atoms in total. The van der Waals surface area contributed by atoms with Crippen LogP contribution in [0.15, 0.2) is 11.4 Å². The molecular formula is C14H18N4OS2. The first-order valence-corrected chi connectivity index (χ1v) is 8.85. The number of nitrogens with zero attached hydrogens (tertiary/aromatic N) is 3. The number of thiophene rings is 1. The predicted molar refractivity (Wildman–Crippen MR) is 86.2 cm³/mol. The Morgan fingerprint density at radius 1 is 1.52 bits per heavy atom. The SMILES string of the molecule is CCCNc1nnc(C(=O)N2CCc3sccc3C2C)s1. The van der Waals surface area contributed by atoms with E-state index in [1.165, 1.54) is 21.8 Å². The van der Waals surface area contributed by atoms with Crippen molar-refractivity contribution in [2.45, 2.75) is 32.7 Å². The molecule has 0 aliphatic carbocycles. The standard InChI is InChI=1S/C14H18N4OS2/c1-3-6-15-14-17-16-12(21-14)13(19)18-7-4-11-10(9(18)2)5-8-20-11/h5,8-9H,3-4,6-7H2,1-2H3,(H,15,17). The number of anilines is 1. The summed E-state index contributed by atoms with van der Waals surface area (Å²) in [5.41, 5.74) is 1.27. The zero-order valence-electron chi connectivity index (χ0n) is 12.1. The Morgan fingerprint density at radius 2 is 2.38 bits per heavy atom. The molecule has 0 saturated carbocycles. The molecule has 0 radical (unpaired) electrons. The second-order valence-electron chi connectivity index (χ2n) is 5.06. The van der Waals surface area contributed by atoms with Crippen molar-refractivity contribution < 1.29 is 4.79 Å². The minimum absolute atomic E-state index is 0.0126.